The van der Waals surface area contributed by atoms with Gasteiger partial charge in [-0.15, -0.1) is 11.3 Å². The van der Waals surface area contributed by atoms with E-state index in [-0.39, 0.29) is 22.9 Å². The second kappa shape index (κ2) is 8.03. The lowest BCUT2D eigenvalue weighted by atomic mass is 10.0. The van der Waals surface area contributed by atoms with Gasteiger partial charge in [0.25, 0.3) is 5.56 Å². The predicted octanol–water partition coefficient (Wildman–Crippen LogP) is 6.39. The highest BCUT2D eigenvalue weighted by atomic mass is 79.9. The average Bonchev–Trinajstić information content (AvgIpc) is 3.01. The molecule has 4 nitrogen and oxygen atoms in total. The van der Waals surface area contributed by atoms with E-state index in [1.807, 2.05) is 31.2 Å². The fourth-order valence-corrected chi connectivity index (χ4v) is 4.95. The Morgan fingerprint density at radius 1 is 1.17 bits per heavy atom. The third kappa shape index (κ3) is 3.90. The number of rotatable bonds is 4. The Bertz CT molecular complexity index is 1310. The van der Waals surface area contributed by atoms with Gasteiger partial charge in [0.2, 0.25) is 0 Å². The van der Waals surface area contributed by atoms with Gasteiger partial charge >= 0.3 is 0 Å². The van der Waals surface area contributed by atoms with Crippen LogP contribution in [0, 0.1) is 6.92 Å². The lowest BCUT2D eigenvalue weighted by Gasteiger charge is -2.08. The maximum Gasteiger partial charge on any atom is 0.263 e. The fourth-order valence-electron chi connectivity index (χ4n) is 3.17. The molecule has 29 heavy (non-hydrogen) atoms. The summed E-state index contributed by atoms with van der Waals surface area (Å²) in [5.41, 5.74) is 1.84. The van der Waals surface area contributed by atoms with Crippen LogP contribution in [0.1, 0.15) is 15.2 Å². The van der Waals surface area contributed by atoms with Gasteiger partial charge in [0, 0.05) is 25.5 Å². The summed E-state index contributed by atoms with van der Waals surface area (Å²) in [6, 6.07) is 12.4. The number of carbonyl (C=O) groups is 1. The van der Waals surface area contributed by atoms with Crippen molar-refractivity contribution >= 4 is 66.5 Å². The van der Waals surface area contributed by atoms with E-state index in [1.165, 1.54) is 28.3 Å². The van der Waals surface area contributed by atoms with E-state index in [0.717, 1.165) is 20.5 Å². The molecule has 0 unspecified atom stereocenters. The van der Waals surface area contributed by atoms with Crippen LogP contribution in [0.3, 0.4) is 0 Å². The molecular formula is C21H13BrCl2N2O2S. The van der Waals surface area contributed by atoms with Gasteiger partial charge in [0.05, 0.1) is 23.3 Å². The Morgan fingerprint density at radius 3 is 2.59 bits per heavy atom. The van der Waals surface area contributed by atoms with E-state index >= 15 is 0 Å². The second-order valence-electron chi connectivity index (χ2n) is 6.45. The first-order valence-electron chi connectivity index (χ1n) is 8.58. The van der Waals surface area contributed by atoms with Crippen LogP contribution in [0.15, 0.2) is 58.1 Å². The highest BCUT2D eigenvalue weighted by molar-refractivity contribution is 9.10. The zero-order valence-corrected chi connectivity index (χ0v) is 19.0. The largest absolute Gasteiger partial charge is 0.292 e. The summed E-state index contributed by atoms with van der Waals surface area (Å²) in [4.78, 5) is 32.0. The maximum atomic E-state index is 13.2. The number of thiophene rings is 1. The molecule has 0 saturated carbocycles. The van der Waals surface area contributed by atoms with Gasteiger partial charge in [-0.1, -0.05) is 51.3 Å². The lowest BCUT2D eigenvalue weighted by Crippen LogP contribution is -2.24. The van der Waals surface area contributed by atoms with E-state index in [0.29, 0.717) is 20.8 Å². The third-order valence-electron chi connectivity index (χ3n) is 4.53. The molecule has 2 heterocycles. The van der Waals surface area contributed by atoms with Crippen LogP contribution in [0.5, 0.6) is 0 Å². The number of aromatic nitrogens is 2. The van der Waals surface area contributed by atoms with Gasteiger partial charge in [-0.3, -0.25) is 14.2 Å². The summed E-state index contributed by atoms with van der Waals surface area (Å²) < 4.78 is 2.28. The molecule has 0 aliphatic heterocycles. The van der Waals surface area contributed by atoms with E-state index in [4.69, 9.17) is 23.2 Å². The second-order valence-corrected chi connectivity index (χ2v) is 9.41. The van der Waals surface area contributed by atoms with Crippen molar-refractivity contribution in [3.63, 3.8) is 0 Å². The highest BCUT2D eigenvalue weighted by Gasteiger charge is 2.19. The van der Waals surface area contributed by atoms with Crippen molar-refractivity contribution in [1.29, 1.82) is 0 Å². The molecule has 0 atom stereocenters. The molecule has 8 heteroatoms. The molecular weight excluding hydrogens is 495 g/mol. The first-order valence-corrected chi connectivity index (χ1v) is 10.9. The predicted molar refractivity (Wildman–Crippen MR) is 123 cm³/mol. The molecule has 0 aliphatic rings. The topological polar surface area (TPSA) is 52.0 Å². The highest BCUT2D eigenvalue weighted by Crippen LogP contribution is 2.35. The molecule has 0 spiro atoms. The molecule has 2 aromatic carbocycles. The van der Waals surface area contributed by atoms with Crippen molar-refractivity contribution in [2.75, 3.05) is 0 Å². The van der Waals surface area contributed by atoms with Gasteiger partial charge in [-0.05, 0) is 42.8 Å². The summed E-state index contributed by atoms with van der Waals surface area (Å²) >= 11 is 16.9. The van der Waals surface area contributed by atoms with Gasteiger partial charge in [-0.2, -0.15) is 0 Å². The number of aryl methyl sites for hydroxylation is 1. The zero-order valence-electron chi connectivity index (χ0n) is 15.1. The van der Waals surface area contributed by atoms with Gasteiger partial charge in [0.1, 0.15) is 4.83 Å². The summed E-state index contributed by atoms with van der Waals surface area (Å²) in [6.07, 6.45) is 1.41. The van der Waals surface area contributed by atoms with Crippen molar-refractivity contribution in [3.05, 3.63) is 84.1 Å². The fraction of sp³-hybridized carbons (Fsp3) is 0.0952. The van der Waals surface area contributed by atoms with E-state index in [2.05, 4.69) is 20.9 Å². The number of Topliss-reactive ketones (excluding diaryl/α,β-unsaturated/α-hetero) is 1. The number of benzene rings is 2. The van der Waals surface area contributed by atoms with E-state index in [9.17, 15) is 9.59 Å². The van der Waals surface area contributed by atoms with Crippen LogP contribution < -0.4 is 5.56 Å². The Balaban J connectivity index is 1.80. The van der Waals surface area contributed by atoms with Crippen LogP contribution in [0.2, 0.25) is 10.0 Å². The number of carbonyl (C=O) groups excluding carboxylic acids is 1. The van der Waals surface area contributed by atoms with Gasteiger partial charge in [0.15, 0.2) is 5.78 Å². The first kappa shape index (κ1) is 20.3. The third-order valence-corrected chi connectivity index (χ3v) is 6.62. The number of ketones is 1. The Morgan fingerprint density at radius 2 is 1.90 bits per heavy atom. The van der Waals surface area contributed by atoms with Crippen LogP contribution in [-0.2, 0) is 6.54 Å². The molecule has 0 radical (unpaired) electrons. The standard InChI is InChI=1S/C21H13BrCl2N2O2S/c1-11-18(12-2-4-13(22)5-3-12)19-20(29-11)25-10-26(21(19)28)9-17(27)15-7-6-14(23)8-16(15)24/h2-8,10H,9H2,1H3. The first-order chi connectivity index (χ1) is 13.8. The smallest absolute Gasteiger partial charge is 0.263 e. The molecule has 0 saturated heterocycles. The van der Waals surface area contributed by atoms with Crippen molar-refractivity contribution in [2.24, 2.45) is 0 Å². The lowest BCUT2D eigenvalue weighted by molar-refractivity contribution is 0.0971. The maximum absolute atomic E-state index is 13.2. The summed E-state index contributed by atoms with van der Waals surface area (Å²) in [7, 11) is 0. The summed E-state index contributed by atoms with van der Waals surface area (Å²) in [6.45, 7) is 1.81. The zero-order chi connectivity index (χ0) is 20.7. The molecule has 0 aliphatic carbocycles. The van der Waals surface area contributed by atoms with Crippen LogP contribution in [-0.4, -0.2) is 15.3 Å². The summed E-state index contributed by atoms with van der Waals surface area (Å²) in [5, 5.41) is 1.22. The number of halogens is 3. The van der Waals surface area contributed by atoms with Crippen LogP contribution in [0.25, 0.3) is 21.3 Å². The molecule has 0 bridgehead atoms. The van der Waals surface area contributed by atoms with E-state index in [1.54, 1.807) is 12.1 Å². The van der Waals surface area contributed by atoms with Crippen LogP contribution >= 0.6 is 50.5 Å². The minimum atomic E-state index is -0.285. The minimum absolute atomic E-state index is 0.155. The number of hydrogen-bond donors (Lipinski definition) is 0. The average molecular weight is 508 g/mol. The summed E-state index contributed by atoms with van der Waals surface area (Å²) in [5.74, 6) is -0.285. The molecule has 4 rings (SSSR count). The molecule has 0 N–H and O–H groups in total. The van der Waals surface area contributed by atoms with Crippen LogP contribution in [0.4, 0.5) is 0 Å². The normalized spacial score (nSPS) is 11.2. The number of hydrogen-bond acceptors (Lipinski definition) is 4. The van der Waals surface area contributed by atoms with Crippen molar-refractivity contribution in [2.45, 2.75) is 13.5 Å². The molecule has 0 fully saturated rings. The number of fused-ring (bicyclic) bond motifs is 1. The molecule has 4 aromatic rings. The number of nitrogens with zero attached hydrogens (tertiary/aromatic N) is 2. The molecule has 0 amide bonds. The Kier molecular flexibility index (Phi) is 5.62. The van der Waals surface area contributed by atoms with Crippen molar-refractivity contribution < 1.29 is 4.79 Å². The van der Waals surface area contributed by atoms with Crippen molar-refractivity contribution in [1.82, 2.24) is 9.55 Å². The Labute approximate surface area is 188 Å². The quantitative estimate of drug-likeness (QED) is 0.301. The SMILES string of the molecule is Cc1sc2ncn(CC(=O)c3ccc(Cl)cc3Cl)c(=O)c2c1-c1ccc(Br)cc1. The molecule has 146 valence electrons. The Hall–Kier alpha value is -1.99. The van der Waals surface area contributed by atoms with Crippen molar-refractivity contribution in [3.8, 4) is 11.1 Å². The van der Waals surface area contributed by atoms with Gasteiger partial charge in [-0.25, -0.2) is 4.98 Å². The minimum Gasteiger partial charge on any atom is -0.292 e. The van der Waals surface area contributed by atoms with E-state index < -0.39 is 0 Å². The monoisotopic (exact) mass is 506 g/mol. The molecule has 2 aromatic heterocycles. The van der Waals surface area contributed by atoms with Gasteiger partial charge < -0.3 is 0 Å².